The summed E-state index contributed by atoms with van der Waals surface area (Å²) in [4.78, 5) is 14.2. The van der Waals surface area contributed by atoms with E-state index in [9.17, 15) is 0 Å². The van der Waals surface area contributed by atoms with E-state index in [1.54, 1.807) is 6.20 Å². The number of rotatable bonds is 2. The Morgan fingerprint density at radius 2 is 2.31 bits per heavy atom. The molecule has 7 heteroatoms. The van der Waals surface area contributed by atoms with E-state index >= 15 is 0 Å². The predicted octanol–water partition coefficient (Wildman–Crippen LogP) is -1.09. The molecule has 1 aromatic rings. The molecule has 1 aromatic heterocycles. The van der Waals surface area contributed by atoms with Crippen LogP contribution in [0, 0.1) is 0 Å². The van der Waals surface area contributed by atoms with Crippen LogP contribution in [-0.2, 0) is 0 Å². The Hall–Kier alpha value is -2.05. The minimum Gasteiger partial charge on any atom is -0.370 e. The van der Waals surface area contributed by atoms with Crippen molar-refractivity contribution in [3.05, 3.63) is 12.3 Å². The molecule has 1 fully saturated rings. The number of nitrogens with two attached hydrogens (primary N) is 3. The van der Waals surface area contributed by atoms with Crippen LogP contribution in [0.25, 0.3) is 0 Å². The van der Waals surface area contributed by atoms with Crippen LogP contribution in [0.4, 0.5) is 11.8 Å². The fourth-order valence-electron chi connectivity index (χ4n) is 1.81. The fourth-order valence-corrected chi connectivity index (χ4v) is 1.81. The van der Waals surface area contributed by atoms with Crippen molar-refractivity contribution in [3.63, 3.8) is 0 Å². The highest BCUT2D eigenvalue weighted by Crippen LogP contribution is 2.19. The maximum atomic E-state index is 5.53. The van der Waals surface area contributed by atoms with Crippen LogP contribution >= 0.6 is 0 Å². The van der Waals surface area contributed by atoms with Gasteiger partial charge in [-0.15, -0.1) is 0 Å². The van der Waals surface area contributed by atoms with Crippen LogP contribution in [0.2, 0.25) is 0 Å². The zero-order valence-electron chi connectivity index (χ0n) is 8.87. The molecule has 0 bridgehead atoms. The molecule has 6 N–H and O–H groups in total. The van der Waals surface area contributed by atoms with Gasteiger partial charge >= 0.3 is 0 Å². The second-order valence-electron chi connectivity index (χ2n) is 3.72. The highest BCUT2D eigenvalue weighted by molar-refractivity contribution is 5.76. The molecule has 0 saturated carbocycles. The zero-order chi connectivity index (χ0) is 11.5. The predicted molar refractivity (Wildman–Crippen MR) is 62.9 cm³/mol. The summed E-state index contributed by atoms with van der Waals surface area (Å²) in [6, 6.07) is 1.97. The van der Waals surface area contributed by atoms with Crippen molar-refractivity contribution in [2.75, 3.05) is 23.7 Å². The summed E-state index contributed by atoms with van der Waals surface area (Å²) in [6.07, 6.45) is 2.56. The van der Waals surface area contributed by atoms with Gasteiger partial charge in [0.1, 0.15) is 5.82 Å². The third-order valence-corrected chi connectivity index (χ3v) is 2.48. The summed E-state index contributed by atoms with van der Waals surface area (Å²) in [6.45, 7) is 1.63. The lowest BCUT2D eigenvalue weighted by molar-refractivity contribution is 0.750. The minimum atomic E-state index is 0.133. The van der Waals surface area contributed by atoms with Crippen LogP contribution in [-0.4, -0.2) is 35.1 Å². The molecule has 1 saturated heterocycles. The fraction of sp³-hybridized carbons (Fsp3) is 0.444. The van der Waals surface area contributed by atoms with Crippen molar-refractivity contribution in [3.8, 4) is 0 Å². The monoisotopic (exact) mass is 221 g/mol. The first-order valence-electron chi connectivity index (χ1n) is 5.07. The number of nitrogen functional groups attached to an aromatic ring is 1. The molecule has 0 aliphatic carbocycles. The van der Waals surface area contributed by atoms with E-state index < -0.39 is 0 Å². The van der Waals surface area contributed by atoms with Crippen LogP contribution in [0.5, 0.6) is 0 Å². The van der Waals surface area contributed by atoms with Crippen molar-refractivity contribution >= 4 is 17.7 Å². The lowest BCUT2D eigenvalue weighted by Gasteiger charge is -2.16. The van der Waals surface area contributed by atoms with Gasteiger partial charge in [0.05, 0.1) is 6.04 Å². The number of aliphatic imine (C=N–C) groups is 1. The SMILES string of the molecule is NC(N)=N[C@@H]1CCN(c2ccnc(N)n2)C1. The zero-order valence-corrected chi connectivity index (χ0v) is 8.87. The third-order valence-electron chi connectivity index (χ3n) is 2.48. The number of nitrogens with zero attached hydrogens (tertiary/aromatic N) is 4. The molecule has 0 radical (unpaired) electrons. The molecule has 1 aliphatic heterocycles. The Balaban J connectivity index is 2.06. The van der Waals surface area contributed by atoms with Gasteiger partial charge < -0.3 is 22.1 Å². The van der Waals surface area contributed by atoms with Crippen molar-refractivity contribution in [2.45, 2.75) is 12.5 Å². The largest absolute Gasteiger partial charge is 0.370 e. The third kappa shape index (κ3) is 2.30. The Kier molecular flexibility index (Phi) is 2.76. The average molecular weight is 221 g/mol. The van der Waals surface area contributed by atoms with Crippen LogP contribution in [0.1, 0.15) is 6.42 Å². The molecule has 1 aliphatic rings. The lowest BCUT2D eigenvalue weighted by Crippen LogP contribution is -2.27. The number of hydrogen-bond donors (Lipinski definition) is 3. The molecule has 0 amide bonds. The molecule has 0 unspecified atom stereocenters. The normalized spacial score (nSPS) is 19.8. The van der Waals surface area contributed by atoms with E-state index in [-0.39, 0.29) is 17.9 Å². The van der Waals surface area contributed by atoms with Gasteiger partial charge in [0.2, 0.25) is 5.95 Å². The van der Waals surface area contributed by atoms with Crippen molar-refractivity contribution in [1.29, 1.82) is 0 Å². The summed E-state index contributed by atoms with van der Waals surface area (Å²) in [5.41, 5.74) is 16.2. The van der Waals surface area contributed by atoms with E-state index in [0.717, 1.165) is 25.3 Å². The van der Waals surface area contributed by atoms with Gasteiger partial charge in [-0.1, -0.05) is 0 Å². The van der Waals surface area contributed by atoms with Gasteiger partial charge in [0.25, 0.3) is 0 Å². The van der Waals surface area contributed by atoms with Crippen LogP contribution in [0.3, 0.4) is 0 Å². The Labute approximate surface area is 93.4 Å². The van der Waals surface area contributed by atoms with E-state index in [1.165, 1.54) is 0 Å². The Morgan fingerprint density at radius 3 is 3.00 bits per heavy atom. The molecule has 0 spiro atoms. The van der Waals surface area contributed by atoms with Gasteiger partial charge in [-0.05, 0) is 12.5 Å². The van der Waals surface area contributed by atoms with E-state index in [0.29, 0.717) is 0 Å². The highest BCUT2D eigenvalue weighted by Gasteiger charge is 2.23. The Morgan fingerprint density at radius 1 is 1.50 bits per heavy atom. The van der Waals surface area contributed by atoms with Gasteiger partial charge in [0.15, 0.2) is 5.96 Å². The van der Waals surface area contributed by atoms with Gasteiger partial charge in [-0.3, -0.25) is 0 Å². The smallest absolute Gasteiger partial charge is 0.221 e. The summed E-state index contributed by atoms with van der Waals surface area (Å²) < 4.78 is 0. The van der Waals surface area contributed by atoms with Crippen molar-refractivity contribution in [2.24, 2.45) is 16.5 Å². The molecule has 86 valence electrons. The van der Waals surface area contributed by atoms with Gasteiger partial charge in [-0.25, -0.2) is 9.98 Å². The van der Waals surface area contributed by atoms with E-state index in [4.69, 9.17) is 17.2 Å². The number of aromatic nitrogens is 2. The molecule has 2 rings (SSSR count). The van der Waals surface area contributed by atoms with Crippen LogP contribution < -0.4 is 22.1 Å². The molecular formula is C9H15N7. The summed E-state index contributed by atoms with van der Waals surface area (Å²) >= 11 is 0. The number of hydrogen-bond acceptors (Lipinski definition) is 5. The molecule has 1 atom stereocenters. The quantitative estimate of drug-likeness (QED) is 0.431. The summed E-state index contributed by atoms with van der Waals surface area (Å²) in [5.74, 6) is 1.23. The molecule has 16 heavy (non-hydrogen) atoms. The van der Waals surface area contributed by atoms with Gasteiger partial charge in [0, 0.05) is 19.3 Å². The highest BCUT2D eigenvalue weighted by atomic mass is 15.2. The Bertz CT molecular complexity index is 399. The van der Waals surface area contributed by atoms with E-state index in [2.05, 4.69) is 19.9 Å². The van der Waals surface area contributed by atoms with Crippen LogP contribution in [0.15, 0.2) is 17.3 Å². The second-order valence-corrected chi connectivity index (χ2v) is 3.72. The summed E-state index contributed by atoms with van der Waals surface area (Å²) in [7, 11) is 0. The maximum absolute atomic E-state index is 5.53. The average Bonchev–Trinajstić information content (AvgIpc) is 2.65. The first-order valence-corrected chi connectivity index (χ1v) is 5.07. The first-order chi connectivity index (χ1) is 7.65. The minimum absolute atomic E-state index is 0.133. The standard InChI is InChI=1S/C9H15N7/c10-8(11)14-6-2-4-16(5-6)7-1-3-13-9(12)15-7/h1,3,6H,2,4-5H2,(H4,10,11,14)(H2,12,13,15)/t6-/m1/s1. The lowest BCUT2D eigenvalue weighted by atomic mass is 10.3. The van der Waals surface area contributed by atoms with Crippen molar-refractivity contribution in [1.82, 2.24) is 9.97 Å². The first kappa shape index (κ1) is 10.5. The number of anilines is 2. The molecular weight excluding hydrogens is 206 g/mol. The van der Waals surface area contributed by atoms with Crippen molar-refractivity contribution < 1.29 is 0 Å². The topological polar surface area (TPSA) is 119 Å². The van der Waals surface area contributed by atoms with Gasteiger partial charge in [-0.2, -0.15) is 4.98 Å². The maximum Gasteiger partial charge on any atom is 0.221 e. The van der Waals surface area contributed by atoms with E-state index in [1.807, 2.05) is 6.07 Å². The summed E-state index contributed by atoms with van der Waals surface area (Å²) in [5, 5.41) is 0. The number of guanidine groups is 1. The molecule has 7 nitrogen and oxygen atoms in total. The molecule has 0 aromatic carbocycles. The second kappa shape index (κ2) is 4.21. The molecule has 2 heterocycles.